The van der Waals surface area contributed by atoms with E-state index in [4.69, 9.17) is 0 Å². The summed E-state index contributed by atoms with van der Waals surface area (Å²) in [4.78, 5) is 20.8. The summed E-state index contributed by atoms with van der Waals surface area (Å²) in [5.74, 6) is -2.78. The van der Waals surface area contributed by atoms with Crippen molar-refractivity contribution in [3.05, 3.63) is 28.2 Å². The molecule has 0 aromatic heterocycles. The lowest BCUT2D eigenvalue weighted by molar-refractivity contribution is -0.305. The topological polar surface area (TPSA) is 126 Å². The number of aromatic carboxylic acids is 1. The predicted octanol–water partition coefficient (Wildman–Crippen LogP) is -1.38. The zero-order valence-corrected chi connectivity index (χ0v) is 12.5. The number of nitrogens with one attached hydrogen (secondary N) is 1. The van der Waals surface area contributed by atoms with Gasteiger partial charge in [0, 0.05) is 22.6 Å². The second-order valence-electron chi connectivity index (χ2n) is 3.80. The first-order chi connectivity index (χ1) is 9.24. The van der Waals surface area contributed by atoms with Gasteiger partial charge in [0.2, 0.25) is 10.0 Å². The molecule has 0 fully saturated rings. The Hall–Kier alpha value is -1.45. The Kier molecular flexibility index (Phi) is 5.66. The number of hydrogen-bond donors (Lipinski definition) is 1. The van der Waals surface area contributed by atoms with Crippen LogP contribution in [0.3, 0.4) is 0 Å². The first-order valence-corrected chi connectivity index (χ1v) is 7.72. The molecule has 110 valence electrons. The molecule has 0 unspecified atom stereocenters. The van der Waals surface area contributed by atoms with E-state index in [2.05, 4.69) is 20.7 Å². The Morgan fingerprint density at radius 2 is 1.90 bits per heavy atom. The first-order valence-electron chi connectivity index (χ1n) is 5.44. The highest BCUT2D eigenvalue weighted by molar-refractivity contribution is 9.10. The molecule has 0 aliphatic heterocycles. The second kappa shape index (κ2) is 6.82. The lowest BCUT2D eigenvalue weighted by Gasteiger charge is -2.10. The fourth-order valence-electron chi connectivity index (χ4n) is 1.35. The minimum absolute atomic E-state index is 0.0748. The summed E-state index contributed by atoms with van der Waals surface area (Å²) >= 11 is 2.97. The number of hydrogen-bond acceptors (Lipinski definition) is 6. The maximum Gasteiger partial charge on any atom is 0.240 e. The average molecular weight is 364 g/mol. The Morgan fingerprint density at radius 3 is 2.45 bits per heavy atom. The summed E-state index contributed by atoms with van der Waals surface area (Å²) < 4.78 is 26.1. The van der Waals surface area contributed by atoms with Crippen LogP contribution in [0.25, 0.3) is 0 Å². The SMILES string of the molecule is O=C([O-])CCCNS(=O)(=O)c1ccc(Br)c(C(=O)[O-])c1. The number of carboxylic acids is 2. The average Bonchev–Trinajstić information content (AvgIpc) is 2.34. The van der Waals surface area contributed by atoms with Crippen LogP contribution in [-0.2, 0) is 14.8 Å². The van der Waals surface area contributed by atoms with Gasteiger partial charge in [-0.3, -0.25) is 0 Å². The lowest BCUT2D eigenvalue weighted by atomic mass is 10.2. The van der Waals surface area contributed by atoms with E-state index in [0.29, 0.717) is 0 Å². The zero-order chi connectivity index (χ0) is 15.3. The molecule has 0 bridgehead atoms. The minimum atomic E-state index is -3.91. The molecule has 7 nitrogen and oxygen atoms in total. The van der Waals surface area contributed by atoms with Crippen LogP contribution in [0.5, 0.6) is 0 Å². The third kappa shape index (κ3) is 4.58. The van der Waals surface area contributed by atoms with Crippen molar-refractivity contribution in [2.75, 3.05) is 6.54 Å². The molecule has 0 aliphatic carbocycles. The third-order valence-corrected chi connectivity index (χ3v) is 4.47. The summed E-state index contributed by atoms with van der Waals surface area (Å²) in [6.45, 7) is -0.0902. The second-order valence-corrected chi connectivity index (χ2v) is 6.42. The van der Waals surface area contributed by atoms with Gasteiger partial charge in [-0.2, -0.15) is 0 Å². The van der Waals surface area contributed by atoms with Gasteiger partial charge >= 0.3 is 0 Å². The maximum atomic E-state index is 11.9. The highest BCUT2D eigenvalue weighted by Gasteiger charge is 2.15. The molecule has 9 heteroatoms. The maximum absolute atomic E-state index is 11.9. The molecule has 0 saturated carbocycles. The van der Waals surface area contributed by atoms with Gasteiger partial charge in [0.15, 0.2) is 0 Å². The lowest BCUT2D eigenvalue weighted by Crippen LogP contribution is -2.28. The standard InChI is InChI=1S/C11H12BrNO6S/c12-9-4-3-7(6-8(9)11(16)17)20(18,19)13-5-1-2-10(14)15/h3-4,6,13H,1-2,5H2,(H,14,15)(H,16,17)/p-2. The van der Waals surface area contributed by atoms with Gasteiger partial charge in [-0.25, -0.2) is 13.1 Å². The smallest absolute Gasteiger partial charge is 0.240 e. The molecule has 1 rings (SSSR count). The Bertz CT molecular complexity index is 628. The molecular formula is C11H10BrNO6S-2. The van der Waals surface area contributed by atoms with Gasteiger partial charge in [0.1, 0.15) is 0 Å². The molecule has 0 aliphatic rings. The number of halogens is 1. The van der Waals surface area contributed by atoms with E-state index in [1.165, 1.54) is 12.1 Å². The summed E-state index contributed by atoms with van der Waals surface area (Å²) in [7, 11) is -3.91. The summed E-state index contributed by atoms with van der Waals surface area (Å²) in [6, 6.07) is 3.46. The number of benzene rings is 1. The van der Waals surface area contributed by atoms with Gasteiger partial charge in [-0.05, 0) is 31.0 Å². The fourth-order valence-corrected chi connectivity index (χ4v) is 2.86. The van der Waals surface area contributed by atoms with Crippen molar-refractivity contribution in [3.63, 3.8) is 0 Å². The number of carbonyl (C=O) groups is 2. The molecule has 0 spiro atoms. The van der Waals surface area contributed by atoms with E-state index in [0.717, 1.165) is 6.07 Å². The zero-order valence-electron chi connectivity index (χ0n) is 10.1. The van der Waals surface area contributed by atoms with Crippen molar-refractivity contribution in [1.82, 2.24) is 4.72 Å². The van der Waals surface area contributed by atoms with E-state index < -0.39 is 22.0 Å². The van der Waals surface area contributed by atoms with Gasteiger partial charge in [0.05, 0.1) is 10.9 Å². The van der Waals surface area contributed by atoms with E-state index >= 15 is 0 Å². The largest absolute Gasteiger partial charge is 0.550 e. The number of rotatable bonds is 7. The molecular weight excluding hydrogens is 354 g/mol. The monoisotopic (exact) mass is 363 g/mol. The predicted molar refractivity (Wildman–Crippen MR) is 67.9 cm³/mol. The van der Waals surface area contributed by atoms with Crippen LogP contribution in [0, 0.1) is 0 Å². The number of sulfonamides is 1. The van der Waals surface area contributed by atoms with Crippen LogP contribution in [0.2, 0.25) is 0 Å². The van der Waals surface area contributed by atoms with Crippen LogP contribution in [-0.4, -0.2) is 26.9 Å². The van der Waals surface area contributed by atoms with Crippen LogP contribution in [0.1, 0.15) is 23.2 Å². The molecule has 0 atom stereocenters. The van der Waals surface area contributed by atoms with Crippen molar-refractivity contribution in [2.45, 2.75) is 17.7 Å². The van der Waals surface area contributed by atoms with Gasteiger partial charge in [-0.15, -0.1) is 0 Å². The van der Waals surface area contributed by atoms with Crippen molar-refractivity contribution in [3.8, 4) is 0 Å². The van der Waals surface area contributed by atoms with Crippen molar-refractivity contribution >= 4 is 37.9 Å². The van der Waals surface area contributed by atoms with Crippen molar-refractivity contribution in [2.24, 2.45) is 0 Å². The highest BCUT2D eigenvalue weighted by atomic mass is 79.9. The first kappa shape index (κ1) is 16.6. The molecule has 1 N–H and O–H groups in total. The van der Waals surface area contributed by atoms with Crippen molar-refractivity contribution in [1.29, 1.82) is 0 Å². The van der Waals surface area contributed by atoms with Crippen LogP contribution in [0.15, 0.2) is 27.6 Å². The quantitative estimate of drug-likeness (QED) is 0.595. The highest BCUT2D eigenvalue weighted by Crippen LogP contribution is 2.20. The van der Waals surface area contributed by atoms with E-state index in [1.54, 1.807) is 0 Å². The van der Waals surface area contributed by atoms with E-state index in [9.17, 15) is 28.2 Å². The van der Waals surface area contributed by atoms with E-state index in [-0.39, 0.29) is 34.3 Å². The summed E-state index contributed by atoms with van der Waals surface area (Å²) in [5.41, 5.74) is -0.289. The van der Waals surface area contributed by atoms with Crippen LogP contribution in [0.4, 0.5) is 0 Å². The number of carbonyl (C=O) groups excluding carboxylic acids is 2. The molecule has 0 amide bonds. The Labute approximate surface area is 123 Å². The summed E-state index contributed by atoms with van der Waals surface area (Å²) in [6.07, 6.45) is -0.196. The van der Waals surface area contributed by atoms with Gasteiger partial charge < -0.3 is 19.8 Å². The fraction of sp³-hybridized carbons (Fsp3) is 0.273. The molecule has 20 heavy (non-hydrogen) atoms. The molecule has 0 radical (unpaired) electrons. The molecule has 0 saturated heterocycles. The van der Waals surface area contributed by atoms with Crippen molar-refractivity contribution < 1.29 is 28.2 Å². The van der Waals surface area contributed by atoms with Crippen LogP contribution >= 0.6 is 15.9 Å². The molecule has 1 aromatic rings. The summed E-state index contributed by atoms with van der Waals surface area (Å²) in [5, 5.41) is 21.0. The van der Waals surface area contributed by atoms with Gasteiger partial charge in [0.25, 0.3) is 0 Å². The molecule has 0 heterocycles. The Morgan fingerprint density at radius 1 is 1.25 bits per heavy atom. The normalized spacial score (nSPS) is 11.2. The van der Waals surface area contributed by atoms with Crippen LogP contribution < -0.4 is 14.9 Å². The minimum Gasteiger partial charge on any atom is -0.550 e. The van der Waals surface area contributed by atoms with Gasteiger partial charge in [-0.1, -0.05) is 15.9 Å². The van der Waals surface area contributed by atoms with E-state index in [1.807, 2.05) is 0 Å². The number of carboxylic acid groups (broad SMARTS) is 2. The number of aliphatic carboxylic acids is 1. The molecule has 1 aromatic carbocycles. The Balaban J connectivity index is 2.85. The third-order valence-electron chi connectivity index (χ3n) is 2.32.